The molecule has 3 N–H and O–H groups in total. The van der Waals surface area contributed by atoms with Crippen molar-refractivity contribution in [1.82, 2.24) is 10.3 Å². The average molecular weight is 221 g/mol. The van der Waals surface area contributed by atoms with Crippen LogP contribution in [-0.2, 0) is 0 Å². The number of nitrogens with two attached hydrogens (primary N) is 1. The molecule has 1 aromatic rings. The lowest BCUT2D eigenvalue weighted by atomic mass is 10.1. The molecule has 0 aliphatic carbocycles. The molecule has 0 saturated heterocycles. The van der Waals surface area contributed by atoms with Crippen LogP contribution in [-0.4, -0.2) is 23.5 Å². The lowest BCUT2D eigenvalue weighted by Crippen LogP contribution is -2.40. The van der Waals surface area contributed by atoms with Crippen molar-refractivity contribution in [2.75, 3.05) is 6.54 Å². The van der Waals surface area contributed by atoms with Gasteiger partial charge in [-0.05, 0) is 18.6 Å². The molecule has 1 unspecified atom stereocenters. The standard InChI is InChI=1S/C12H19N3O/c1-2-3-6-10(9-13)15-12(16)11-7-4-5-8-14-11/h4-5,7-8,10H,2-3,6,9,13H2,1H3,(H,15,16). The molecular formula is C12H19N3O. The molecule has 0 radical (unpaired) electrons. The maximum Gasteiger partial charge on any atom is 0.270 e. The summed E-state index contributed by atoms with van der Waals surface area (Å²) in [5, 5.41) is 2.89. The first kappa shape index (κ1) is 12.6. The molecule has 0 aromatic carbocycles. The first-order chi connectivity index (χ1) is 7.77. The monoisotopic (exact) mass is 221 g/mol. The van der Waals surface area contributed by atoms with E-state index in [1.54, 1.807) is 24.4 Å². The van der Waals surface area contributed by atoms with Crippen molar-refractivity contribution in [3.63, 3.8) is 0 Å². The second kappa shape index (κ2) is 6.95. The molecule has 0 fully saturated rings. The number of aromatic nitrogens is 1. The molecule has 1 aromatic heterocycles. The summed E-state index contributed by atoms with van der Waals surface area (Å²) in [5.74, 6) is -0.146. The van der Waals surface area contributed by atoms with Gasteiger partial charge in [-0.3, -0.25) is 9.78 Å². The molecule has 0 saturated carbocycles. The van der Waals surface area contributed by atoms with Crippen LogP contribution < -0.4 is 11.1 Å². The molecule has 1 heterocycles. The fourth-order valence-corrected chi connectivity index (χ4v) is 1.46. The van der Waals surface area contributed by atoms with Gasteiger partial charge in [0, 0.05) is 18.8 Å². The maximum absolute atomic E-state index is 11.7. The Balaban J connectivity index is 2.49. The van der Waals surface area contributed by atoms with E-state index in [2.05, 4.69) is 17.2 Å². The van der Waals surface area contributed by atoms with E-state index in [0.717, 1.165) is 19.3 Å². The van der Waals surface area contributed by atoms with Gasteiger partial charge in [-0.25, -0.2) is 0 Å². The van der Waals surface area contributed by atoms with Gasteiger partial charge in [0.1, 0.15) is 5.69 Å². The minimum Gasteiger partial charge on any atom is -0.347 e. The van der Waals surface area contributed by atoms with Crippen LogP contribution in [0.15, 0.2) is 24.4 Å². The number of carbonyl (C=O) groups is 1. The van der Waals surface area contributed by atoms with Crippen molar-refractivity contribution < 1.29 is 4.79 Å². The van der Waals surface area contributed by atoms with E-state index in [4.69, 9.17) is 5.73 Å². The molecule has 0 bridgehead atoms. The Kier molecular flexibility index (Phi) is 5.50. The summed E-state index contributed by atoms with van der Waals surface area (Å²) in [6, 6.07) is 5.33. The van der Waals surface area contributed by atoms with Gasteiger partial charge in [0.2, 0.25) is 0 Å². The van der Waals surface area contributed by atoms with E-state index < -0.39 is 0 Å². The van der Waals surface area contributed by atoms with E-state index in [9.17, 15) is 4.79 Å². The Morgan fingerprint density at radius 2 is 2.38 bits per heavy atom. The summed E-state index contributed by atoms with van der Waals surface area (Å²) in [6.07, 6.45) is 4.71. The van der Waals surface area contributed by atoms with E-state index in [1.807, 2.05) is 0 Å². The fourth-order valence-electron chi connectivity index (χ4n) is 1.46. The number of nitrogens with zero attached hydrogens (tertiary/aromatic N) is 1. The summed E-state index contributed by atoms with van der Waals surface area (Å²) < 4.78 is 0. The zero-order chi connectivity index (χ0) is 11.8. The summed E-state index contributed by atoms with van der Waals surface area (Å²) in [6.45, 7) is 2.59. The normalized spacial score (nSPS) is 12.1. The van der Waals surface area contributed by atoms with E-state index in [0.29, 0.717) is 12.2 Å². The highest BCUT2D eigenvalue weighted by Gasteiger charge is 2.12. The zero-order valence-corrected chi connectivity index (χ0v) is 9.65. The van der Waals surface area contributed by atoms with E-state index >= 15 is 0 Å². The van der Waals surface area contributed by atoms with E-state index in [-0.39, 0.29) is 11.9 Å². The van der Waals surface area contributed by atoms with E-state index in [1.165, 1.54) is 0 Å². The molecule has 1 atom stereocenters. The van der Waals surface area contributed by atoms with Crippen molar-refractivity contribution in [3.05, 3.63) is 30.1 Å². The molecular weight excluding hydrogens is 202 g/mol. The number of hydrogen-bond acceptors (Lipinski definition) is 3. The topological polar surface area (TPSA) is 68.0 Å². The van der Waals surface area contributed by atoms with Crippen molar-refractivity contribution in [2.45, 2.75) is 32.2 Å². The molecule has 88 valence electrons. The molecule has 0 spiro atoms. The molecule has 1 amide bonds. The van der Waals surface area contributed by atoms with Crippen LogP contribution in [0.2, 0.25) is 0 Å². The van der Waals surface area contributed by atoms with Gasteiger partial charge in [-0.2, -0.15) is 0 Å². The largest absolute Gasteiger partial charge is 0.347 e. The quantitative estimate of drug-likeness (QED) is 0.761. The van der Waals surface area contributed by atoms with Gasteiger partial charge in [-0.1, -0.05) is 25.8 Å². The SMILES string of the molecule is CCCCC(CN)NC(=O)c1ccccn1. The summed E-state index contributed by atoms with van der Waals surface area (Å²) in [4.78, 5) is 15.7. The highest BCUT2D eigenvalue weighted by Crippen LogP contribution is 2.01. The number of unbranched alkanes of at least 4 members (excludes halogenated alkanes) is 1. The average Bonchev–Trinajstić information content (AvgIpc) is 2.35. The van der Waals surface area contributed by atoms with Gasteiger partial charge >= 0.3 is 0 Å². The van der Waals surface area contributed by atoms with Gasteiger partial charge < -0.3 is 11.1 Å². The first-order valence-electron chi connectivity index (χ1n) is 5.70. The van der Waals surface area contributed by atoms with Crippen LogP contribution in [0.5, 0.6) is 0 Å². The number of carbonyl (C=O) groups excluding carboxylic acids is 1. The van der Waals surface area contributed by atoms with Crippen molar-refractivity contribution in [3.8, 4) is 0 Å². The van der Waals surface area contributed by atoms with Gasteiger partial charge in [-0.15, -0.1) is 0 Å². The van der Waals surface area contributed by atoms with Crippen LogP contribution >= 0.6 is 0 Å². The Labute approximate surface area is 96.3 Å². The molecule has 0 aliphatic rings. The van der Waals surface area contributed by atoms with Gasteiger partial charge in [0.05, 0.1) is 0 Å². The number of pyridine rings is 1. The predicted octanol–water partition coefficient (Wildman–Crippen LogP) is 1.33. The smallest absolute Gasteiger partial charge is 0.270 e. The van der Waals surface area contributed by atoms with Crippen LogP contribution in [0, 0.1) is 0 Å². The Morgan fingerprint density at radius 1 is 1.56 bits per heavy atom. The maximum atomic E-state index is 11.7. The second-order valence-corrected chi connectivity index (χ2v) is 3.76. The summed E-state index contributed by atoms with van der Waals surface area (Å²) in [5.41, 5.74) is 6.05. The molecule has 0 aliphatic heterocycles. The van der Waals surface area contributed by atoms with Gasteiger partial charge in [0.25, 0.3) is 5.91 Å². The molecule has 4 nitrogen and oxygen atoms in total. The molecule has 4 heteroatoms. The fraction of sp³-hybridized carbons (Fsp3) is 0.500. The Bertz CT molecular complexity index is 313. The Morgan fingerprint density at radius 3 is 2.94 bits per heavy atom. The van der Waals surface area contributed by atoms with Crippen LogP contribution in [0.1, 0.15) is 36.7 Å². The third-order valence-electron chi connectivity index (χ3n) is 2.42. The third kappa shape index (κ3) is 3.98. The summed E-state index contributed by atoms with van der Waals surface area (Å²) >= 11 is 0. The minimum atomic E-state index is -0.146. The van der Waals surface area contributed by atoms with Crippen molar-refractivity contribution in [2.24, 2.45) is 5.73 Å². The first-order valence-corrected chi connectivity index (χ1v) is 5.70. The lowest BCUT2D eigenvalue weighted by molar-refractivity contribution is 0.0930. The minimum absolute atomic E-state index is 0.0504. The molecule has 1 rings (SSSR count). The number of amides is 1. The second-order valence-electron chi connectivity index (χ2n) is 3.76. The predicted molar refractivity (Wildman–Crippen MR) is 64.1 cm³/mol. The highest BCUT2D eigenvalue weighted by molar-refractivity contribution is 5.92. The number of nitrogens with one attached hydrogen (secondary N) is 1. The van der Waals surface area contributed by atoms with Crippen molar-refractivity contribution >= 4 is 5.91 Å². The molecule has 16 heavy (non-hydrogen) atoms. The van der Waals surface area contributed by atoms with Crippen molar-refractivity contribution in [1.29, 1.82) is 0 Å². The zero-order valence-electron chi connectivity index (χ0n) is 9.65. The highest BCUT2D eigenvalue weighted by atomic mass is 16.1. The number of rotatable bonds is 6. The number of hydrogen-bond donors (Lipinski definition) is 2. The Hall–Kier alpha value is -1.42. The third-order valence-corrected chi connectivity index (χ3v) is 2.42. The van der Waals surface area contributed by atoms with Crippen LogP contribution in [0.3, 0.4) is 0 Å². The van der Waals surface area contributed by atoms with Gasteiger partial charge in [0.15, 0.2) is 0 Å². The van der Waals surface area contributed by atoms with Crippen LogP contribution in [0.4, 0.5) is 0 Å². The lowest BCUT2D eigenvalue weighted by Gasteiger charge is -2.15. The van der Waals surface area contributed by atoms with Crippen LogP contribution in [0.25, 0.3) is 0 Å². The summed E-state index contributed by atoms with van der Waals surface area (Å²) in [7, 11) is 0.